The number of halogens is 2. The van der Waals surface area contributed by atoms with Gasteiger partial charge in [0.15, 0.2) is 11.6 Å². The Morgan fingerprint density at radius 3 is 1.40 bits per heavy atom. The van der Waals surface area contributed by atoms with Crippen LogP contribution in [0.25, 0.3) is 21.5 Å². The minimum atomic E-state index is -0.0589. The summed E-state index contributed by atoms with van der Waals surface area (Å²) in [4.78, 5) is 25.9. The highest BCUT2D eigenvalue weighted by molar-refractivity contribution is 6.21. The first-order valence-corrected chi connectivity index (χ1v) is 11.4. The summed E-state index contributed by atoms with van der Waals surface area (Å²) >= 11 is 12.3. The maximum atomic E-state index is 12.9. The largest absolute Gasteiger partial charge is 0.294 e. The Balaban J connectivity index is 2.05. The van der Waals surface area contributed by atoms with Crippen LogP contribution in [-0.2, 0) is 0 Å². The molecule has 158 valence electrons. The number of ketones is 2. The minimum Gasteiger partial charge on any atom is -0.294 e. The molecule has 0 spiro atoms. The van der Waals surface area contributed by atoms with Gasteiger partial charge in [-0.3, -0.25) is 9.59 Å². The Bertz CT molecular complexity index is 998. The van der Waals surface area contributed by atoms with Gasteiger partial charge >= 0.3 is 0 Å². The predicted molar refractivity (Wildman–Crippen MR) is 128 cm³/mol. The lowest BCUT2D eigenvalue weighted by Crippen LogP contribution is -2.14. The molecule has 0 amide bonds. The zero-order valence-electron chi connectivity index (χ0n) is 17.9. The Morgan fingerprint density at radius 1 is 0.700 bits per heavy atom. The van der Waals surface area contributed by atoms with E-state index in [0.29, 0.717) is 24.0 Å². The van der Waals surface area contributed by atoms with Crippen LogP contribution in [0, 0.1) is 11.8 Å². The van der Waals surface area contributed by atoms with Crippen molar-refractivity contribution in [2.45, 2.75) is 51.3 Å². The SMILES string of the molecule is CC(Cl)C(C)CC(=O)c1cccc2cc3c(C(=O)CC(C)C(C)Cl)cccc3cc12. The molecular formula is C26H28Cl2O2. The highest BCUT2D eigenvalue weighted by atomic mass is 35.5. The van der Waals surface area contributed by atoms with Crippen molar-refractivity contribution < 1.29 is 9.59 Å². The molecule has 0 radical (unpaired) electrons. The Labute approximate surface area is 188 Å². The zero-order chi connectivity index (χ0) is 22.0. The van der Waals surface area contributed by atoms with Crippen molar-refractivity contribution >= 4 is 56.3 Å². The molecule has 4 atom stereocenters. The van der Waals surface area contributed by atoms with E-state index >= 15 is 0 Å². The molecule has 0 N–H and O–H groups in total. The van der Waals surface area contributed by atoms with E-state index < -0.39 is 0 Å². The van der Waals surface area contributed by atoms with Crippen molar-refractivity contribution in [2.75, 3.05) is 0 Å². The Kier molecular flexibility index (Phi) is 7.21. The lowest BCUT2D eigenvalue weighted by atomic mass is 9.90. The standard InChI is InChI=1S/C26H28Cl2O2/c1-15(17(3)27)11-25(29)21-9-5-7-19-14-24-20(13-23(19)21)8-6-10-22(24)26(30)12-16(2)18(4)28/h5-10,13-18H,11-12H2,1-4H3. The first-order valence-electron chi connectivity index (χ1n) is 10.5. The second kappa shape index (κ2) is 9.49. The maximum absolute atomic E-state index is 12.9. The van der Waals surface area contributed by atoms with Gasteiger partial charge in [-0.05, 0) is 59.4 Å². The monoisotopic (exact) mass is 442 g/mol. The van der Waals surface area contributed by atoms with Gasteiger partial charge in [0.25, 0.3) is 0 Å². The molecule has 3 rings (SSSR count). The summed E-state index contributed by atoms with van der Waals surface area (Å²) in [6, 6.07) is 15.6. The third kappa shape index (κ3) is 4.87. The highest BCUT2D eigenvalue weighted by Crippen LogP contribution is 2.30. The van der Waals surface area contributed by atoms with Crippen LogP contribution in [-0.4, -0.2) is 22.3 Å². The van der Waals surface area contributed by atoms with Crippen molar-refractivity contribution in [3.05, 3.63) is 59.7 Å². The number of alkyl halides is 2. The first-order chi connectivity index (χ1) is 14.2. The molecule has 4 unspecified atom stereocenters. The molecule has 0 bridgehead atoms. The average Bonchev–Trinajstić information content (AvgIpc) is 2.70. The van der Waals surface area contributed by atoms with Gasteiger partial charge in [0, 0.05) is 34.7 Å². The number of rotatable bonds is 8. The van der Waals surface area contributed by atoms with Crippen LogP contribution >= 0.6 is 23.2 Å². The van der Waals surface area contributed by atoms with Gasteiger partial charge in [-0.2, -0.15) is 0 Å². The summed E-state index contributed by atoms with van der Waals surface area (Å²) in [5.41, 5.74) is 1.42. The van der Waals surface area contributed by atoms with Crippen LogP contribution in [0.3, 0.4) is 0 Å². The molecule has 30 heavy (non-hydrogen) atoms. The van der Waals surface area contributed by atoms with E-state index in [4.69, 9.17) is 23.2 Å². The highest BCUT2D eigenvalue weighted by Gasteiger charge is 2.20. The van der Waals surface area contributed by atoms with Gasteiger partial charge in [-0.25, -0.2) is 0 Å². The van der Waals surface area contributed by atoms with Gasteiger partial charge in [-0.15, -0.1) is 23.2 Å². The number of hydrogen-bond donors (Lipinski definition) is 0. The molecule has 3 aromatic carbocycles. The average molecular weight is 443 g/mol. The smallest absolute Gasteiger partial charge is 0.163 e. The summed E-state index contributed by atoms with van der Waals surface area (Å²) < 4.78 is 0. The molecule has 0 saturated carbocycles. The number of hydrogen-bond acceptors (Lipinski definition) is 2. The van der Waals surface area contributed by atoms with Crippen molar-refractivity contribution in [1.29, 1.82) is 0 Å². The van der Waals surface area contributed by atoms with E-state index in [1.807, 2.05) is 76.2 Å². The number of carbonyl (C=O) groups excluding carboxylic acids is 2. The summed E-state index contributed by atoms with van der Waals surface area (Å²) in [5.74, 6) is 0.394. The lowest BCUT2D eigenvalue weighted by Gasteiger charge is -2.15. The maximum Gasteiger partial charge on any atom is 0.163 e. The van der Waals surface area contributed by atoms with E-state index in [-0.39, 0.29) is 34.2 Å². The third-order valence-electron chi connectivity index (χ3n) is 6.06. The summed E-state index contributed by atoms with van der Waals surface area (Å²) in [5, 5.41) is 3.62. The Hall–Kier alpha value is -1.90. The fourth-order valence-corrected chi connectivity index (χ4v) is 3.85. The van der Waals surface area contributed by atoms with Crippen molar-refractivity contribution in [2.24, 2.45) is 11.8 Å². The van der Waals surface area contributed by atoms with Crippen molar-refractivity contribution in [3.63, 3.8) is 0 Å². The molecule has 0 saturated heterocycles. The van der Waals surface area contributed by atoms with E-state index in [2.05, 4.69) is 0 Å². The van der Waals surface area contributed by atoms with Crippen LogP contribution in [0.4, 0.5) is 0 Å². The summed E-state index contributed by atoms with van der Waals surface area (Å²) in [7, 11) is 0. The van der Waals surface area contributed by atoms with Crippen LogP contribution < -0.4 is 0 Å². The Morgan fingerprint density at radius 2 is 1.07 bits per heavy atom. The number of benzene rings is 3. The summed E-state index contributed by atoms with van der Waals surface area (Å²) in [6.07, 6.45) is 0.823. The number of carbonyl (C=O) groups is 2. The summed E-state index contributed by atoms with van der Waals surface area (Å²) in [6.45, 7) is 7.83. The molecule has 0 aliphatic carbocycles. The van der Waals surface area contributed by atoms with E-state index in [1.165, 1.54) is 0 Å². The van der Waals surface area contributed by atoms with Crippen LogP contribution in [0.5, 0.6) is 0 Å². The quantitative estimate of drug-likeness (QED) is 0.203. The second-order valence-corrected chi connectivity index (χ2v) is 9.85. The van der Waals surface area contributed by atoms with Gasteiger partial charge in [0.2, 0.25) is 0 Å². The number of fused-ring (bicyclic) bond motifs is 2. The molecule has 0 fully saturated rings. The van der Waals surface area contributed by atoms with E-state index in [9.17, 15) is 9.59 Å². The van der Waals surface area contributed by atoms with Gasteiger partial charge < -0.3 is 0 Å². The van der Waals surface area contributed by atoms with Gasteiger partial charge in [0.05, 0.1) is 0 Å². The van der Waals surface area contributed by atoms with Crippen LogP contribution in [0.15, 0.2) is 48.5 Å². The van der Waals surface area contributed by atoms with Gasteiger partial charge in [-0.1, -0.05) is 50.2 Å². The van der Waals surface area contributed by atoms with Crippen LogP contribution in [0.1, 0.15) is 61.3 Å². The van der Waals surface area contributed by atoms with Crippen molar-refractivity contribution in [3.8, 4) is 0 Å². The fraction of sp³-hybridized carbons (Fsp3) is 0.385. The zero-order valence-corrected chi connectivity index (χ0v) is 19.4. The van der Waals surface area contributed by atoms with Crippen molar-refractivity contribution in [1.82, 2.24) is 0 Å². The normalized spacial score (nSPS) is 15.7. The molecular weight excluding hydrogens is 415 g/mol. The molecule has 3 aromatic rings. The molecule has 4 heteroatoms. The van der Waals surface area contributed by atoms with Gasteiger partial charge in [0.1, 0.15) is 0 Å². The molecule has 2 nitrogen and oxygen atoms in total. The lowest BCUT2D eigenvalue weighted by molar-refractivity contribution is 0.0957. The molecule has 0 aliphatic heterocycles. The minimum absolute atomic E-state index is 0.0589. The predicted octanol–water partition coefficient (Wildman–Crippen LogP) is 7.67. The molecule has 0 heterocycles. The third-order valence-corrected chi connectivity index (χ3v) is 6.92. The topological polar surface area (TPSA) is 34.1 Å². The number of Topliss-reactive ketones (excluding diaryl/α,β-unsaturated/α-hetero) is 2. The van der Waals surface area contributed by atoms with Crippen LogP contribution in [0.2, 0.25) is 0 Å². The first kappa shape index (κ1) is 22.8. The molecule has 0 aromatic heterocycles. The van der Waals surface area contributed by atoms with E-state index in [1.54, 1.807) is 0 Å². The second-order valence-electron chi connectivity index (χ2n) is 8.47. The van der Waals surface area contributed by atoms with E-state index in [0.717, 1.165) is 21.5 Å². The fourth-order valence-electron chi connectivity index (χ4n) is 3.67. The molecule has 0 aliphatic rings.